The van der Waals surface area contributed by atoms with E-state index in [0.717, 1.165) is 0 Å². The Hall–Kier alpha value is 1.62. The van der Waals surface area contributed by atoms with Gasteiger partial charge in [0.05, 0.1) is 19.3 Å². The van der Waals surface area contributed by atoms with E-state index in [1.165, 1.54) is 4.72 Å². The van der Waals surface area contributed by atoms with Crippen LogP contribution < -0.4 is 63.8 Å². The van der Waals surface area contributed by atoms with Crippen molar-refractivity contribution < 1.29 is 104 Å². The van der Waals surface area contributed by atoms with Crippen LogP contribution in [0.2, 0.25) is 0 Å². The molecule has 2 unspecified atom stereocenters. The predicted molar refractivity (Wildman–Crippen MR) is 54.0 cm³/mol. The molecule has 0 aliphatic carbocycles. The maximum absolute atomic E-state index is 10.4. The fourth-order valence-electron chi connectivity index (χ4n) is 1.47. The van der Waals surface area contributed by atoms with Gasteiger partial charge in [0.2, 0.25) is 10.4 Å². The second kappa shape index (κ2) is 9.80. The molecule has 3 N–H and O–H groups in total. The van der Waals surface area contributed by atoms with Crippen molar-refractivity contribution in [1.82, 2.24) is 4.72 Å². The molecule has 0 aromatic rings. The Balaban J connectivity index is 0. The first kappa shape index (κ1) is 24.9. The summed E-state index contributed by atoms with van der Waals surface area (Å²) < 4.78 is 72.0. The number of ether oxygens (including phenoxy) is 1. The molecule has 1 heterocycles. The molecule has 1 aliphatic rings. The number of aliphatic hydroxyl groups excluding tert-OH is 2. The van der Waals surface area contributed by atoms with Crippen LogP contribution in [0.15, 0.2) is 0 Å². The maximum Gasteiger partial charge on any atom is 1.00 e. The van der Waals surface area contributed by atoms with Crippen LogP contribution in [-0.2, 0) is 29.6 Å². The summed E-state index contributed by atoms with van der Waals surface area (Å²) in [4.78, 5) is 0. The molecular weight excluding hydrogens is 356 g/mol. The largest absolute Gasteiger partial charge is 1.00 e. The van der Waals surface area contributed by atoms with E-state index in [2.05, 4.69) is 4.18 Å². The van der Waals surface area contributed by atoms with Crippen molar-refractivity contribution in [2.24, 2.45) is 0 Å². The fraction of sp³-hybridized carbons (Fsp3) is 1.00. The van der Waals surface area contributed by atoms with Gasteiger partial charge in [-0.3, -0.25) is 4.18 Å². The minimum atomic E-state index is -4.99. The van der Waals surface area contributed by atoms with Gasteiger partial charge in [-0.15, -0.1) is 0 Å². The average Bonchev–Trinajstić information content (AvgIpc) is 2.21. The smallest absolute Gasteiger partial charge is 0.735 e. The molecule has 0 radical (unpaired) electrons. The molecule has 114 valence electrons. The minimum Gasteiger partial charge on any atom is -0.735 e. The molecule has 0 bridgehead atoms. The van der Waals surface area contributed by atoms with Crippen molar-refractivity contribution in [3.63, 3.8) is 0 Å². The van der Waals surface area contributed by atoms with E-state index in [4.69, 9.17) is 4.74 Å². The van der Waals surface area contributed by atoms with E-state index in [9.17, 15) is 36.2 Å². The Morgan fingerprint density at radius 1 is 1.14 bits per heavy atom. The first-order valence-electron chi connectivity index (χ1n) is 4.81. The van der Waals surface area contributed by atoms with Crippen molar-refractivity contribution in [3.8, 4) is 0 Å². The van der Waals surface area contributed by atoms with Crippen molar-refractivity contribution in [1.29, 1.82) is 0 Å². The Bertz CT molecular complexity index is 508. The zero-order valence-electron chi connectivity index (χ0n) is 11.2. The molecule has 15 heteroatoms. The number of hydrogen-bond donors (Lipinski definition) is 3. The van der Waals surface area contributed by atoms with Gasteiger partial charge in [-0.2, -0.15) is 0 Å². The van der Waals surface area contributed by atoms with Gasteiger partial charge in [-0.05, 0) is 0 Å². The van der Waals surface area contributed by atoms with Crippen LogP contribution >= 0.6 is 0 Å². The third kappa shape index (κ3) is 9.49. The quantitative estimate of drug-likeness (QED) is 0.239. The van der Waals surface area contributed by atoms with Gasteiger partial charge >= 0.3 is 59.1 Å². The van der Waals surface area contributed by atoms with E-state index < -0.39 is 58.3 Å². The first-order chi connectivity index (χ1) is 8.49. The van der Waals surface area contributed by atoms with Crippen molar-refractivity contribution in [2.75, 3.05) is 13.2 Å². The van der Waals surface area contributed by atoms with Gasteiger partial charge in [-0.1, -0.05) is 0 Å². The molecule has 0 saturated carbocycles. The van der Waals surface area contributed by atoms with Gasteiger partial charge in [0, 0.05) is 0 Å². The van der Waals surface area contributed by atoms with Crippen LogP contribution in [-0.4, -0.2) is 73.7 Å². The number of hydrogen-bond acceptors (Lipinski definition) is 10. The SMILES string of the molecule is O=S(=O)([O-])NC1COC(COS(=O)(=O)[O-])[C@@H](O)[C@H]1O.[Na+].[Na+]. The molecule has 0 spiro atoms. The minimum absolute atomic E-state index is 0. The summed E-state index contributed by atoms with van der Waals surface area (Å²) >= 11 is 0. The van der Waals surface area contributed by atoms with Crippen LogP contribution in [0.1, 0.15) is 0 Å². The molecule has 1 saturated heterocycles. The molecule has 0 amide bonds. The molecule has 4 atom stereocenters. The summed E-state index contributed by atoms with van der Waals surface area (Å²) in [7, 11) is -9.85. The second-order valence-corrected chi connectivity index (χ2v) is 5.92. The van der Waals surface area contributed by atoms with Gasteiger partial charge in [0.15, 0.2) is 10.3 Å². The van der Waals surface area contributed by atoms with Crippen LogP contribution in [0, 0.1) is 0 Å². The second-order valence-electron chi connectivity index (χ2n) is 3.72. The van der Waals surface area contributed by atoms with E-state index in [1.54, 1.807) is 0 Å². The average molecular weight is 367 g/mol. The molecule has 0 aromatic heterocycles. The summed E-state index contributed by atoms with van der Waals surface area (Å²) in [5.74, 6) is 0. The van der Waals surface area contributed by atoms with Gasteiger partial charge in [-0.25, -0.2) is 21.6 Å². The van der Waals surface area contributed by atoms with Crippen molar-refractivity contribution >= 4 is 20.7 Å². The topological polar surface area (TPSA) is 185 Å². The van der Waals surface area contributed by atoms with E-state index in [-0.39, 0.29) is 59.1 Å². The van der Waals surface area contributed by atoms with Gasteiger partial charge in [0.25, 0.3) is 0 Å². The van der Waals surface area contributed by atoms with E-state index in [0.29, 0.717) is 0 Å². The molecule has 1 aliphatic heterocycles. The number of rotatable bonds is 5. The Morgan fingerprint density at radius 2 is 1.67 bits per heavy atom. The molecule has 11 nitrogen and oxygen atoms in total. The van der Waals surface area contributed by atoms with Crippen LogP contribution in [0.3, 0.4) is 0 Å². The third-order valence-electron chi connectivity index (χ3n) is 2.31. The standard InChI is InChI=1S/C6H13NO10S2.2Na/c8-5-3(7-18(10,11)12)1-16-4(6(5)9)2-17-19(13,14)15;;/h3-9H,1-2H2,(H,10,11,12)(H,13,14,15);;/q;2*+1/p-2/t3?,4?,5-,6+;;/m0../s1. The number of nitrogens with one attached hydrogen (secondary N) is 1. The predicted octanol–water partition coefficient (Wildman–Crippen LogP) is -9.99. The molecule has 21 heavy (non-hydrogen) atoms. The molecule has 1 rings (SSSR count). The zero-order valence-corrected chi connectivity index (χ0v) is 16.8. The molecule has 0 aromatic carbocycles. The van der Waals surface area contributed by atoms with E-state index >= 15 is 0 Å². The Morgan fingerprint density at radius 3 is 2.10 bits per heavy atom. The van der Waals surface area contributed by atoms with E-state index in [1.807, 2.05) is 0 Å². The summed E-state index contributed by atoms with van der Waals surface area (Å²) in [6.45, 7) is -1.35. The molecular formula is C6H11NNa2O10S2. The Labute approximate surface area is 165 Å². The molecule has 1 fully saturated rings. The number of aliphatic hydroxyl groups is 2. The third-order valence-corrected chi connectivity index (χ3v) is 3.32. The fourth-order valence-corrected chi connectivity index (χ4v) is 2.35. The summed E-state index contributed by atoms with van der Waals surface area (Å²) in [5.41, 5.74) is 0. The Kier molecular flexibility index (Phi) is 11.6. The van der Waals surface area contributed by atoms with Gasteiger partial charge < -0.3 is 24.1 Å². The summed E-state index contributed by atoms with van der Waals surface area (Å²) in [6, 6.07) is -1.39. The normalized spacial score (nSPS) is 30.1. The van der Waals surface area contributed by atoms with Crippen molar-refractivity contribution in [3.05, 3.63) is 0 Å². The summed E-state index contributed by atoms with van der Waals surface area (Å²) in [6.07, 6.45) is -4.82. The first-order valence-corrected chi connectivity index (χ1v) is 7.55. The van der Waals surface area contributed by atoms with Crippen LogP contribution in [0.4, 0.5) is 0 Å². The van der Waals surface area contributed by atoms with Crippen LogP contribution in [0.25, 0.3) is 0 Å². The van der Waals surface area contributed by atoms with Gasteiger partial charge in [0.1, 0.15) is 18.3 Å². The van der Waals surface area contributed by atoms with Crippen LogP contribution in [0.5, 0.6) is 0 Å². The maximum atomic E-state index is 10.4. The monoisotopic (exact) mass is 367 g/mol. The van der Waals surface area contributed by atoms with Crippen molar-refractivity contribution in [2.45, 2.75) is 24.4 Å². The summed E-state index contributed by atoms with van der Waals surface area (Å²) in [5, 5.41) is 19.0. The zero-order chi connectivity index (χ0) is 14.8.